The van der Waals surface area contributed by atoms with E-state index in [1.807, 2.05) is 20.8 Å². The third-order valence-corrected chi connectivity index (χ3v) is 4.66. The van der Waals surface area contributed by atoms with Crippen LogP contribution >= 0.6 is 0 Å². The van der Waals surface area contributed by atoms with Crippen molar-refractivity contribution >= 4 is 6.09 Å². The van der Waals surface area contributed by atoms with E-state index in [-0.39, 0.29) is 6.09 Å². The topological polar surface area (TPSA) is 41.6 Å². The van der Waals surface area contributed by atoms with Gasteiger partial charge in [0.15, 0.2) is 0 Å². The molecular weight excluding hydrogens is 276 g/mol. The van der Waals surface area contributed by atoms with E-state index < -0.39 is 5.60 Å². The monoisotopic (exact) mass is 308 g/mol. The SMILES string of the molecule is CC1CCCCC1NCC1=CCN(C(=O)OC(C)(C)C)CC1. The molecular formula is C18H32N2O2. The van der Waals surface area contributed by atoms with Gasteiger partial charge in [0.1, 0.15) is 5.60 Å². The van der Waals surface area contributed by atoms with Gasteiger partial charge in [0.2, 0.25) is 0 Å². The first-order valence-corrected chi connectivity index (χ1v) is 8.74. The summed E-state index contributed by atoms with van der Waals surface area (Å²) in [5.74, 6) is 0.788. The molecule has 2 unspecified atom stereocenters. The first-order valence-electron chi connectivity index (χ1n) is 8.74. The van der Waals surface area contributed by atoms with Crippen molar-refractivity contribution in [2.75, 3.05) is 19.6 Å². The Labute approximate surface area is 135 Å². The highest BCUT2D eigenvalue weighted by Crippen LogP contribution is 2.24. The number of carbonyl (C=O) groups excluding carboxylic acids is 1. The van der Waals surface area contributed by atoms with Crippen LogP contribution in [0.15, 0.2) is 11.6 Å². The van der Waals surface area contributed by atoms with Crippen molar-refractivity contribution in [1.82, 2.24) is 10.2 Å². The molecule has 0 spiro atoms. The Kier molecular flexibility index (Phi) is 5.90. The second-order valence-electron chi connectivity index (χ2n) is 7.79. The Balaban J connectivity index is 1.75. The van der Waals surface area contributed by atoms with Crippen molar-refractivity contribution in [1.29, 1.82) is 0 Å². The van der Waals surface area contributed by atoms with Crippen LogP contribution in [0, 0.1) is 5.92 Å². The lowest BCUT2D eigenvalue weighted by Gasteiger charge is -2.32. The second-order valence-corrected chi connectivity index (χ2v) is 7.79. The third-order valence-electron chi connectivity index (χ3n) is 4.66. The molecule has 0 aromatic carbocycles. The zero-order chi connectivity index (χ0) is 16.2. The Morgan fingerprint density at radius 1 is 1.36 bits per heavy atom. The normalized spacial score (nSPS) is 26.5. The van der Waals surface area contributed by atoms with E-state index in [1.54, 1.807) is 4.90 Å². The quantitative estimate of drug-likeness (QED) is 0.808. The van der Waals surface area contributed by atoms with Crippen molar-refractivity contribution in [2.45, 2.75) is 71.4 Å². The Hall–Kier alpha value is -1.03. The summed E-state index contributed by atoms with van der Waals surface area (Å²) >= 11 is 0. The molecule has 22 heavy (non-hydrogen) atoms. The van der Waals surface area contributed by atoms with Crippen LogP contribution in [0.3, 0.4) is 0 Å². The van der Waals surface area contributed by atoms with Crippen LogP contribution in [0.5, 0.6) is 0 Å². The van der Waals surface area contributed by atoms with E-state index in [1.165, 1.54) is 31.3 Å². The molecule has 0 aromatic rings. The van der Waals surface area contributed by atoms with Crippen LogP contribution in [0.2, 0.25) is 0 Å². The number of rotatable bonds is 3. The lowest BCUT2D eigenvalue weighted by atomic mass is 9.86. The standard InChI is InChI=1S/C18H32N2O2/c1-14-7-5-6-8-16(14)19-13-15-9-11-20(12-10-15)17(21)22-18(2,3)4/h9,14,16,19H,5-8,10-13H2,1-4H3. The summed E-state index contributed by atoms with van der Waals surface area (Å²) in [7, 11) is 0. The lowest BCUT2D eigenvalue weighted by Crippen LogP contribution is -2.41. The fourth-order valence-corrected chi connectivity index (χ4v) is 3.25. The van der Waals surface area contributed by atoms with Gasteiger partial charge in [-0.25, -0.2) is 4.79 Å². The van der Waals surface area contributed by atoms with Crippen LogP contribution in [0.1, 0.15) is 59.8 Å². The van der Waals surface area contributed by atoms with Crippen LogP contribution < -0.4 is 5.32 Å². The fourth-order valence-electron chi connectivity index (χ4n) is 3.25. The molecule has 2 atom stereocenters. The number of ether oxygens (including phenoxy) is 1. The largest absolute Gasteiger partial charge is 0.444 e. The number of hydrogen-bond acceptors (Lipinski definition) is 3. The molecule has 1 aliphatic carbocycles. The average Bonchev–Trinajstić information content (AvgIpc) is 2.45. The van der Waals surface area contributed by atoms with Crippen LogP contribution in [0.25, 0.3) is 0 Å². The van der Waals surface area contributed by atoms with Gasteiger partial charge in [0.25, 0.3) is 0 Å². The summed E-state index contributed by atoms with van der Waals surface area (Å²) in [4.78, 5) is 13.8. The van der Waals surface area contributed by atoms with E-state index >= 15 is 0 Å². The van der Waals surface area contributed by atoms with Crippen molar-refractivity contribution < 1.29 is 9.53 Å². The van der Waals surface area contributed by atoms with Crippen molar-refractivity contribution in [3.8, 4) is 0 Å². The predicted octanol–water partition coefficient (Wildman–Crippen LogP) is 3.72. The third kappa shape index (κ3) is 5.31. The minimum absolute atomic E-state index is 0.198. The van der Waals surface area contributed by atoms with Crippen molar-refractivity contribution in [3.63, 3.8) is 0 Å². The maximum Gasteiger partial charge on any atom is 0.410 e. The zero-order valence-electron chi connectivity index (χ0n) is 14.7. The number of nitrogens with one attached hydrogen (secondary N) is 1. The van der Waals surface area contributed by atoms with Crippen molar-refractivity contribution in [3.05, 3.63) is 11.6 Å². The summed E-state index contributed by atoms with van der Waals surface area (Å²) in [6, 6.07) is 0.665. The van der Waals surface area contributed by atoms with E-state index in [4.69, 9.17) is 4.74 Å². The number of nitrogens with zero attached hydrogens (tertiary/aromatic N) is 1. The van der Waals surface area contributed by atoms with Gasteiger partial charge in [-0.1, -0.05) is 31.4 Å². The number of hydrogen-bond donors (Lipinski definition) is 1. The molecule has 0 radical (unpaired) electrons. The zero-order valence-corrected chi connectivity index (χ0v) is 14.7. The molecule has 2 aliphatic rings. The molecule has 1 fully saturated rings. The number of carbonyl (C=O) groups is 1. The molecule has 126 valence electrons. The summed E-state index contributed by atoms with van der Waals surface area (Å²) in [5, 5.41) is 3.72. The highest BCUT2D eigenvalue weighted by Gasteiger charge is 2.24. The summed E-state index contributed by atoms with van der Waals surface area (Å²) < 4.78 is 5.42. The van der Waals surface area contributed by atoms with E-state index in [2.05, 4.69) is 18.3 Å². The maximum atomic E-state index is 12.0. The highest BCUT2D eigenvalue weighted by molar-refractivity contribution is 5.68. The molecule has 1 aliphatic heterocycles. The molecule has 1 N–H and O–H groups in total. The Bertz CT molecular complexity index is 412. The average molecular weight is 308 g/mol. The molecule has 1 saturated carbocycles. The van der Waals surface area contributed by atoms with E-state index in [0.29, 0.717) is 12.6 Å². The summed E-state index contributed by atoms with van der Waals surface area (Å²) in [6.07, 6.45) is 8.33. The van der Waals surface area contributed by atoms with Crippen LogP contribution in [-0.2, 0) is 4.74 Å². The first kappa shape index (κ1) is 17.3. The van der Waals surface area contributed by atoms with E-state index in [9.17, 15) is 4.79 Å². The summed E-state index contributed by atoms with van der Waals surface area (Å²) in [6.45, 7) is 10.5. The Morgan fingerprint density at radius 2 is 2.09 bits per heavy atom. The highest BCUT2D eigenvalue weighted by atomic mass is 16.6. The minimum atomic E-state index is -0.417. The molecule has 0 aromatic heterocycles. The molecule has 0 bridgehead atoms. The maximum absolute atomic E-state index is 12.0. The van der Waals surface area contributed by atoms with Crippen LogP contribution in [0.4, 0.5) is 4.79 Å². The van der Waals surface area contributed by atoms with E-state index in [0.717, 1.165) is 25.4 Å². The summed E-state index contributed by atoms with van der Waals surface area (Å²) in [5.41, 5.74) is 1.01. The van der Waals surface area contributed by atoms with Gasteiger partial charge in [-0.05, 0) is 46.0 Å². The second kappa shape index (κ2) is 7.49. The molecule has 1 heterocycles. The molecule has 4 nitrogen and oxygen atoms in total. The lowest BCUT2D eigenvalue weighted by molar-refractivity contribution is 0.0265. The smallest absolute Gasteiger partial charge is 0.410 e. The van der Waals surface area contributed by atoms with Gasteiger partial charge in [-0.3, -0.25) is 0 Å². The van der Waals surface area contributed by atoms with Crippen molar-refractivity contribution in [2.24, 2.45) is 5.92 Å². The minimum Gasteiger partial charge on any atom is -0.444 e. The van der Waals surface area contributed by atoms with Gasteiger partial charge in [-0.15, -0.1) is 0 Å². The molecule has 1 amide bonds. The Morgan fingerprint density at radius 3 is 2.68 bits per heavy atom. The molecule has 4 heteroatoms. The fraction of sp³-hybridized carbons (Fsp3) is 0.833. The molecule has 0 saturated heterocycles. The number of amides is 1. The van der Waals surface area contributed by atoms with Gasteiger partial charge in [-0.2, -0.15) is 0 Å². The van der Waals surface area contributed by atoms with Crippen LogP contribution in [-0.4, -0.2) is 42.3 Å². The predicted molar refractivity (Wildman–Crippen MR) is 89.9 cm³/mol. The van der Waals surface area contributed by atoms with Gasteiger partial charge in [0.05, 0.1) is 0 Å². The van der Waals surface area contributed by atoms with Gasteiger partial charge in [0, 0.05) is 25.7 Å². The van der Waals surface area contributed by atoms with Gasteiger partial charge >= 0.3 is 6.09 Å². The van der Waals surface area contributed by atoms with Gasteiger partial charge < -0.3 is 15.0 Å². The first-order chi connectivity index (χ1) is 10.3. The molecule has 2 rings (SSSR count).